The van der Waals surface area contributed by atoms with Crippen molar-refractivity contribution in [3.05, 3.63) is 59.2 Å². The number of pyridine rings is 2. The van der Waals surface area contributed by atoms with Gasteiger partial charge in [-0.1, -0.05) is 12.1 Å². The Morgan fingerprint density at radius 1 is 0.481 bits per heavy atom. The SMILES string of the molecule is COC(=O)CCN1CCN(CCC(=O)OC)C(C)c2cccc(n2)C(C)N(CCC(=O)OC)CCN(CCC(=O)OC)C(C)c2cccc(n2)C1C. The highest BCUT2D eigenvalue weighted by Gasteiger charge is 2.27. The standard InChI is InChI=1S/C38H58N6O8/c1-27-31-11-9-12-32(39-31)28(2)43(21-17-37(47)51-7)25-26-44(22-18-38(48)52-8)30(4)34-14-10-13-33(40-34)29(3)42(20-16-36(46)50-6)24-23-41(27)19-15-35(45)49-5/h9-14,27-30H,15-26H2,1-8H3. The van der Waals surface area contributed by atoms with Crippen LogP contribution < -0.4 is 0 Å². The van der Waals surface area contributed by atoms with E-state index in [0.717, 1.165) is 22.8 Å². The van der Waals surface area contributed by atoms with Crippen molar-refractivity contribution >= 4 is 23.9 Å². The van der Waals surface area contributed by atoms with Crippen molar-refractivity contribution in [2.75, 3.05) is 80.8 Å². The zero-order valence-corrected chi connectivity index (χ0v) is 32.2. The summed E-state index contributed by atoms with van der Waals surface area (Å²) in [5.41, 5.74) is 3.39. The first-order valence-corrected chi connectivity index (χ1v) is 18.1. The van der Waals surface area contributed by atoms with Crippen LogP contribution in [0.25, 0.3) is 0 Å². The summed E-state index contributed by atoms with van der Waals surface area (Å²) in [5, 5.41) is 0. The van der Waals surface area contributed by atoms with E-state index in [1.165, 1.54) is 28.4 Å². The van der Waals surface area contributed by atoms with Gasteiger partial charge in [0.2, 0.25) is 0 Å². The van der Waals surface area contributed by atoms with Crippen LogP contribution in [0.15, 0.2) is 36.4 Å². The highest BCUT2D eigenvalue weighted by atomic mass is 16.5. The van der Waals surface area contributed by atoms with E-state index in [2.05, 4.69) is 47.3 Å². The van der Waals surface area contributed by atoms with E-state index in [1.807, 2.05) is 36.4 Å². The molecule has 1 aliphatic heterocycles. The van der Waals surface area contributed by atoms with Crippen LogP contribution in [0, 0.1) is 0 Å². The molecule has 0 N–H and O–H groups in total. The molecule has 0 spiro atoms. The summed E-state index contributed by atoms with van der Waals surface area (Å²) in [6.45, 7) is 12.4. The van der Waals surface area contributed by atoms with Gasteiger partial charge in [-0.2, -0.15) is 0 Å². The molecule has 0 fully saturated rings. The smallest absolute Gasteiger partial charge is 0.306 e. The van der Waals surface area contributed by atoms with Gasteiger partial charge >= 0.3 is 23.9 Å². The third-order valence-corrected chi connectivity index (χ3v) is 10.2. The van der Waals surface area contributed by atoms with E-state index in [1.54, 1.807) is 0 Å². The Hall–Kier alpha value is -3.98. The maximum absolute atomic E-state index is 12.3. The Bertz CT molecular complexity index is 1250. The predicted molar refractivity (Wildman–Crippen MR) is 195 cm³/mol. The van der Waals surface area contributed by atoms with E-state index >= 15 is 0 Å². The zero-order valence-electron chi connectivity index (χ0n) is 32.2. The van der Waals surface area contributed by atoms with Crippen LogP contribution in [0.2, 0.25) is 0 Å². The van der Waals surface area contributed by atoms with Gasteiger partial charge in [0.05, 0.1) is 76.9 Å². The molecule has 14 heteroatoms. The van der Waals surface area contributed by atoms with Crippen LogP contribution in [-0.4, -0.2) is 134 Å². The topological polar surface area (TPSA) is 144 Å². The molecule has 0 aromatic carbocycles. The van der Waals surface area contributed by atoms with Gasteiger partial charge in [-0.15, -0.1) is 0 Å². The van der Waals surface area contributed by atoms with Gasteiger partial charge in [-0.3, -0.25) is 48.7 Å². The quantitative estimate of drug-likeness (QED) is 0.230. The minimum Gasteiger partial charge on any atom is -0.469 e. The fourth-order valence-corrected chi connectivity index (χ4v) is 6.47. The number of carbonyl (C=O) groups is 4. The average Bonchev–Trinajstić information content (AvgIpc) is 3.17. The number of aromatic nitrogens is 2. The lowest BCUT2D eigenvalue weighted by molar-refractivity contribution is -0.142. The second kappa shape index (κ2) is 21.5. The number of nitrogens with zero attached hydrogens (tertiary/aromatic N) is 6. The van der Waals surface area contributed by atoms with E-state index in [9.17, 15) is 19.2 Å². The van der Waals surface area contributed by atoms with E-state index < -0.39 is 0 Å². The van der Waals surface area contributed by atoms with Crippen molar-refractivity contribution in [3.8, 4) is 0 Å². The number of hydrogen-bond acceptors (Lipinski definition) is 14. The lowest BCUT2D eigenvalue weighted by atomic mass is 10.1. The number of rotatable bonds is 12. The molecule has 2 aromatic rings. The molecule has 1 aliphatic rings. The van der Waals surface area contributed by atoms with E-state index in [0.29, 0.717) is 52.4 Å². The minimum atomic E-state index is -0.296. The normalized spacial score (nSPS) is 21.4. The fourth-order valence-electron chi connectivity index (χ4n) is 6.47. The Morgan fingerprint density at radius 2 is 0.692 bits per heavy atom. The summed E-state index contributed by atoms with van der Waals surface area (Å²) in [4.78, 5) is 68.4. The van der Waals surface area contributed by atoms with Crippen LogP contribution in [-0.2, 0) is 38.1 Å². The number of carbonyl (C=O) groups excluding carboxylic acids is 4. The van der Waals surface area contributed by atoms with Crippen molar-refractivity contribution in [3.63, 3.8) is 0 Å². The summed E-state index contributed by atoms with van der Waals surface area (Å²) in [6.07, 6.45) is 0.849. The molecule has 0 saturated heterocycles. The first-order chi connectivity index (χ1) is 24.9. The van der Waals surface area contributed by atoms with Crippen molar-refractivity contribution < 1.29 is 38.1 Å². The summed E-state index contributed by atoms with van der Waals surface area (Å²) in [6, 6.07) is 11.3. The van der Waals surface area contributed by atoms with Gasteiger partial charge in [0.15, 0.2) is 0 Å². The first kappa shape index (κ1) is 42.4. The highest BCUT2D eigenvalue weighted by molar-refractivity contribution is 5.70. The lowest BCUT2D eigenvalue weighted by Gasteiger charge is -2.36. The number of fused-ring (bicyclic) bond motifs is 4. The van der Waals surface area contributed by atoms with Gasteiger partial charge in [0, 0.05) is 76.5 Å². The highest BCUT2D eigenvalue weighted by Crippen LogP contribution is 2.28. The summed E-state index contributed by atoms with van der Waals surface area (Å²) >= 11 is 0. The molecule has 0 saturated carbocycles. The van der Waals surface area contributed by atoms with Gasteiger partial charge in [0.25, 0.3) is 0 Å². The fraction of sp³-hybridized carbons (Fsp3) is 0.632. The summed E-state index contributed by atoms with van der Waals surface area (Å²) < 4.78 is 19.9. The van der Waals surface area contributed by atoms with Crippen LogP contribution in [0.4, 0.5) is 0 Å². The van der Waals surface area contributed by atoms with Crippen LogP contribution in [0.3, 0.4) is 0 Å². The maximum atomic E-state index is 12.3. The monoisotopic (exact) mass is 726 g/mol. The van der Waals surface area contributed by atoms with Crippen molar-refractivity contribution in [2.45, 2.75) is 77.5 Å². The molecule has 2 aromatic heterocycles. The van der Waals surface area contributed by atoms with E-state index in [4.69, 9.17) is 28.9 Å². The third-order valence-electron chi connectivity index (χ3n) is 10.2. The summed E-state index contributed by atoms with van der Waals surface area (Å²) in [5.74, 6) is -1.19. The second-order valence-electron chi connectivity index (χ2n) is 13.1. The van der Waals surface area contributed by atoms with Crippen molar-refractivity contribution in [1.29, 1.82) is 0 Å². The maximum Gasteiger partial charge on any atom is 0.306 e. The first-order valence-electron chi connectivity index (χ1n) is 18.1. The number of hydrogen-bond donors (Lipinski definition) is 0. The molecule has 0 radical (unpaired) electrons. The Balaban J connectivity index is 2.12. The minimum absolute atomic E-state index is 0.159. The second-order valence-corrected chi connectivity index (χ2v) is 13.1. The molecule has 52 heavy (non-hydrogen) atoms. The number of ether oxygens (including phenoxy) is 4. The molecule has 0 amide bonds. The van der Waals surface area contributed by atoms with Crippen molar-refractivity contribution in [1.82, 2.24) is 29.6 Å². The molecule has 288 valence electrons. The van der Waals surface area contributed by atoms with E-state index in [-0.39, 0.29) is 73.7 Å². The molecular formula is C38H58N6O8. The number of esters is 4. The molecule has 3 rings (SSSR count). The number of methoxy groups -OCH3 is 4. The Morgan fingerprint density at radius 3 is 0.885 bits per heavy atom. The van der Waals surface area contributed by atoms with Crippen LogP contribution in [0.1, 0.15) is 100 Å². The summed E-state index contributed by atoms with van der Waals surface area (Å²) in [7, 11) is 5.56. The molecular weight excluding hydrogens is 668 g/mol. The molecule has 4 atom stereocenters. The Labute approximate surface area is 308 Å². The third kappa shape index (κ3) is 12.6. The van der Waals surface area contributed by atoms with Crippen LogP contribution >= 0.6 is 0 Å². The van der Waals surface area contributed by atoms with Crippen LogP contribution in [0.5, 0.6) is 0 Å². The average molecular weight is 727 g/mol. The van der Waals surface area contributed by atoms with Gasteiger partial charge in [0.1, 0.15) is 0 Å². The van der Waals surface area contributed by atoms with Gasteiger partial charge < -0.3 is 18.9 Å². The molecule has 4 unspecified atom stereocenters. The van der Waals surface area contributed by atoms with Crippen molar-refractivity contribution in [2.24, 2.45) is 0 Å². The zero-order chi connectivity index (χ0) is 38.2. The largest absolute Gasteiger partial charge is 0.469 e. The van der Waals surface area contributed by atoms with Gasteiger partial charge in [-0.05, 0) is 52.0 Å². The molecule has 3 heterocycles. The van der Waals surface area contributed by atoms with Gasteiger partial charge in [-0.25, -0.2) is 0 Å². The Kier molecular flexibility index (Phi) is 17.6. The predicted octanol–water partition coefficient (Wildman–Crippen LogP) is 3.89. The molecule has 0 aliphatic carbocycles. The molecule has 14 nitrogen and oxygen atoms in total. The molecule has 4 bridgehead atoms. The lowest BCUT2D eigenvalue weighted by Crippen LogP contribution is -2.41.